The lowest BCUT2D eigenvalue weighted by Crippen LogP contribution is -2.10. The first-order chi connectivity index (χ1) is 9.95. The second kappa shape index (κ2) is 6.32. The number of hydrogen-bond acceptors (Lipinski definition) is 3. The highest BCUT2D eigenvalue weighted by Crippen LogP contribution is 2.23. The predicted octanol–water partition coefficient (Wildman–Crippen LogP) is 3.16. The Morgan fingerprint density at radius 3 is 2.52 bits per heavy atom. The normalized spacial score (nSPS) is 10.0. The number of hydrogen-bond donors (Lipinski definition) is 3. The SMILES string of the molecule is CC(=O)Nc1cccc(Nc2ccc(C(N)=S)cc2F)c1. The first-order valence-corrected chi connectivity index (χ1v) is 6.60. The molecule has 108 valence electrons. The summed E-state index contributed by atoms with van der Waals surface area (Å²) < 4.78 is 14.0. The second-order valence-electron chi connectivity index (χ2n) is 4.45. The fourth-order valence-corrected chi connectivity index (χ4v) is 1.93. The van der Waals surface area contributed by atoms with E-state index < -0.39 is 5.82 Å². The summed E-state index contributed by atoms with van der Waals surface area (Å²) in [4.78, 5) is 11.2. The van der Waals surface area contributed by atoms with Gasteiger partial charge in [-0.05, 0) is 36.4 Å². The summed E-state index contributed by atoms with van der Waals surface area (Å²) in [5.41, 5.74) is 7.52. The predicted molar refractivity (Wildman–Crippen MR) is 86.3 cm³/mol. The van der Waals surface area contributed by atoms with E-state index in [1.807, 2.05) is 0 Å². The standard InChI is InChI=1S/C15H14FN3OS/c1-9(20)18-11-3-2-4-12(8-11)19-14-6-5-10(15(17)21)7-13(14)16/h2-8,19H,1H3,(H2,17,21)(H,18,20). The molecule has 0 radical (unpaired) electrons. The molecule has 0 fully saturated rings. The van der Waals surface area contributed by atoms with E-state index in [-0.39, 0.29) is 10.9 Å². The lowest BCUT2D eigenvalue weighted by Gasteiger charge is -2.10. The molecule has 0 aliphatic carbocycles. The van der Waals surface area contributed by atoms with Gasteiger partial charge in [-0.25, -0.2) is 4.39 Å². The fourth-order valence-electron chi connectivity index (χ4n) is 1.80. The second-order valence-corrected chi connectivity index (χ2v) is 4.89. The molecule has 0 spiro atoms. The van der Waals surface area contributed by atoms with Crippen LogP contribution in [0.25, 0.3) is 0 Å². The van der Waals surface area contributed by atoms with Crippen LogP contribution in [0.2, 0.25) is 0 Å². The molecule has 0 aromatic heterocycles. The topological polar surface area (TPSA) is 67.2 Å². The molecule has 1 amide bonds. The fraction of sp³-hybridized carbons (Fsp3) is 0.0667. The molecule has 6 heteroatoms. The van der Waals surface area contributed by atoms with Crippen LogP contribution in [0.5, 0.6) is 0 Å². The molecule has 21 heavy (non-hydrogen) atoms. The minimum Gasteiger partial charge on any atom is -0.389 e. The number of rotatable bonds is 4. The van der Waals surface area contributed by atoms with Crippen molar-refractivity contribution in [1.29, 1.82) is 0 Å². The van der Waals surface area contributed by atoms with Crippen molar-refractivity contribution < 1.29 is 9.18 Å². The zero-order chi connectivity index (χ0) is 15.4. The van der Waals surface area contributed by atoms with Crippen LogP contribution < -0.4 is 16.4 Å². The van der Waals surface area contributed by atoms with Gasteiger partial charge < -0.3 is 16.4 Å². The van der Waals surface area contributed by atoms with Crippen LogP contribution in [0.4, 0.5) is 21.5 Å². The Kier molecular flexibility index (Phi) is 4.49. The van der Waals surface area contributed by atoms with Crippen molar-refractivity contribution in [2.24, 2.45) is 5.73 Å². The number of carbonyl (C=O) groups excluding carboxylic acids is 1. The van der Waals surface area contributed by atoms with Crippen molar-refractivity contribution >= 4 is 40.2 Å². The molecule has 2 rings (SSSR count). The number of amides is 1. The van der Waals surface area contributed by atoms with Gasteiger partial charge in [0, 0.05) is 23.9 Å². The van der Waals surface area contributed by atoms with E-state index in [0.29, 0.717) is 22.6 Å². The molecule has 2 aromatic rings. The number of nitrogens with two attached hydrogens (primary N) is 1. The first kappa shape index (κ1) is 14.9. The van der Waals surface area contributed by atoms with Gasteiger partial charge in [0.2, 0.25) is 5.91 Å². The molecule has 4 N–H and O–H groups in total. The van der Waals surface area contributed by atoms with Crippen LogP contribution in [-0.4, -0.2) is 10.9 Å². The highest BCUT2D eigenvalue weighted by atomic mass is 32.1. The highest BCUT2D eigenvalue weighted by Gasteiger charge is 2.06. The van der Waals surface area contributed by atoms with Crippen molar-refractivity contribution in [3.63, 3.8) is 0 Å². The summed E-state index contributed by atoms with van der Waals surface area (Å²) in [6.07, 6.45) is 0. The summed E-state index contributed by atoms with van der Waals surface area (Å²) in [5, 5.41) is 5.60. The number of nitrogens with one attached hydrogen (secondary N) is 2. The van der Waals surface area contributed by atoms with E-state index in [2.05, 4.69) is 10.6 Å². The van der Waals surface area contributed by atoms with E-state index in [4.69, 9.17) is 18.0 Å². The Bertz CT molecular complexity index is 703. The molecule has 0 bridgehead atoms. The zero-order valence-corrected chi connectivity index (χ0v) is 12.1. The van der Waals surface area contributed by atoms with Crippen molar-refractivity contribution in [2.45, 2.75) is 6.92 Å². The maximum absolute atomic E-state index is 14.0. The molecule has 0 heterocycles. The molecule has 0 atom stereocenters. The van der Waals surface area contributed by atoms with Crippen LogP contribution in [-0.2, 0) is 4.79 Å². The molecule has 0 saturated heterocycles. The maximum atomic E-state index is 14.0. The molecule has 2 aromatic carbocycles. The first-order valence-electron chi connectivity index (χ1n) is 6.20. The number of anilines is 3. The third-order valence-electron chi connectivity index (χ3n) is 2.72. The van der Waals surface area contributed by atoms with Gasteiger partial charge in [-0.1, -0.05) is 18.3 Å². The summed E-state index contributed by atoms with van der Waals surface area (Å²) >= 11 is 4.80. The lowest BCUT2D eigenvalue weighted by atomic mass is 10.2. The summed E-state index contributed by atoms with van der Waals surface area (Å²) in [6.45, 7) is 1.42. The molecule has 0 aliphatic heterocycles. The van der Waals surface area contributed by atoms with Crippen LogP contribution in [0, 0.1) is 5.82 Å². The highest BCUT2D eigenvalue weighted by molar-refractivity contribution is 7.80. The van der Waals surface area contributed by atoms with E-state index in [9.17, 15) is 9.18 Å². The third kappa shape index (κ3) is 4.00. The minimum atomic E-state index is -0.453. The van der Waals surface area contributed by atoms with Gasteiger partial charge >= 0.3 is 0 Å². The molecular formula is C15H14FN3OS. The van der Waals surface area contributed by atoms with Gasteiger partial charge in [0.05, 0.1) is 5.69 Å². The van der Waals surface area contributed by atoms with Crippen molar-refractivity contribution in [3.05, 3.63) is 53.8 Å². The zero-order valence-electron chi connectivity index (χ0n) is 11.3. The smallest absolute Gasteiger partial charge is 0.221 e. The van der Waals surface area contributed by atoms with E-state index >= 15 is 0 Å². The molecular weight excluding hydrogens is 289 g/mol. The van der Waals surface area contributed by atoms with Crippen molar-refractivity contribution in [2.75, 3.05) is 10.6 Å². The van der Waals surface area contributed by atoms with Crippen LogP contribution >= 0.6 is 12.2 Å². The summed E-state index contributed by atoms with van der Waals surface area (Å²) in [7, 11) is 0. The Balaban J connectivity index is 2.22. The van der Waals surface area contributed by atoms with Crippen LogP contribution in [0.15, 0.2) is 42.5 Å². The quantitative estimate of drug-likeness (QED) is 0.759. The van der Waals surface area contributed by atoms with Crippen LogP contribution in [0.1, 0.15) is 12.5 Å². The van der Waals surface area contributed by atoms with Gasteiger partial charge in [-0.3, -0.25) is 4.79 Å². The molecule has 0 saturated carbocycles. The van der Waals surface area contributed by atoms with Gasteiger partial charge in [0.25, 0.3) is 0 Å². The van der Waals surface area contributed by atoms with Gasteiger partial charge in [-0.2, -0.15) is 0 Å². The van der Waals surface area contributed by atoms with E-state index in [0.717, 1.165) is 0 Å². The maximum Gasteiger partial charge on any atom is 0.221 e. The molecule has 0 unspecified atom stereocenters. The van der Waals surface area contributed by atoms with Crippen molar-refractivity contribution in [3.8, 4) is 0 Å². The van der Waals surface area contributed by atoms with E-state index in [1.165, 1.54) is 13.0 Å². The van der Waals surface area contributed by atoms with Crippen LogP contribution in [0.3, 0.4) is 0 Å². The number of halogens is 1. The third-order valence-corrected chi connectivity index (χ3v) is 2.95. The van der Waals surface area contributed by atoms with Gasteiger partial charge in [0.15, 0.2) is 0 Å². The average molecular weight is 303 g/mol. The largest absolute Gasteiger partial charge is 0.389 e. The van der Waals surface area contributed by atoms with Gasteiger partial charge in [-0.15, -0.1) is 0 Å². The summed E-state index contributed by atoms with van der Waals surface area (Å²) in [6, 6.07) is 11.5. The molecule has 0 aliphatic rings. The monoisotopic (exact) mass is 303 g/mol. The Morgan fingerprint density at radius 2 is 1.90 bits per heavy atom. The minimum absolute atomic E-state index is 0.146. The number of carbonyl (C=O) groups is 1. The Hall–Kier alpha value is -2.47. The summed E-state index contributed by atoms with van der Waals surface area (Å²) in [5.74, 6) is -0.621. The van der Waals surface area contributed by atoms with E-state index in [1.54, 1.807) is 36.4 Å². The van der Waals surface area contributed by atoms with Gasteiger partial charge in [0.1, 0.15) is 10.8 Å². The Labute approximate surface area is 127 Å². The molecule has 4 nitrogen and oxygen atoms in total. The average Bonchev–Trinajstić information content (AvgIpc) is 2.40. The van der Waals surface area contributed by atoms with Crippen molar-refractivity contribution in [1.82, 2.24) is 0 Å². The Morgan fingerprint density at radius 1 is 1.19 bits per heavy atom. The number of benzene rings is 2. The number of thiocarbonyl (C=S) groups is 1. The lowest BCUT2D eigenvalue weighted by molar-refractivity contribution is -0.114.